The second-order valence-corrected chi connectivity index (χ2v) is 5.78. The van der Waals surface area contributed by atoms with E-state index >= 15 is 0 Å². The Kier molecular flexibility index (Phi) is 3.52. The lowest BCUT2D eigenvalue weighted by Gasteiger charge is -2.18. The van der Waals surface area contributed by atoms with E-state index in [0.29, 0.717) is 0 Å². The highest BCUT2D eigenvalue weighted by molar-refractivity contribution is 5.89. The highest BCUT2D eigenvalue weighted by Gasteiger charge is 2.16. The Morgan fingerprint density at radius 2 is 1.38 bits per heavy atom. The number of hydrogen-bond donors (Lipinski definition) is 1. The maximum absolute atomic E-state index is 10.9. The summed E-state index contributed by atoms with van der Waals surface area (Å²) in [5.74, 6) is 0. The van der Waals surface area contributed by atoms with Gasteiger partial charge in [0, 0.05) is 0 Å². The van der Waals surface area contributed by atoms with Gasteiger partial charge >= 0.3 is 0 Å². The molecular formula is C20H20O. The average Bonchev–Trinajstić information content (AvgIpc) is 2.50. The first-order chi connectivity index (χ1) is 10.1. The summed E-state index contributed by atoms with van der Waals surface area (Å²) >= 11 is 0. The highest BCUT2D eigenvalue weighted by Crippen LogP contribution is 2.32. The molecule has 1 N–H and O–H groups in total. The molecule has 0 saturated heterocycles. The van der Waals surface area contributed by atoms with Crippen molar-refractivity contribution in [2.45, 2.75) is 26.9 Å². The maximum Gasteiger partial charge on any atom is 0.105 e. The Balaban J connectivity index is 2.20. The van der Waals surface area contributed by atoms with Gasteiger partial charge in [0.2, 0.25) is 0 Å². The molecule has 0 saturated carbocycles. The van der Waals surface area contributed by atoms with Crippen LogP contribution in [0.25, 0.3) is 10.8 Å². The predicted molar refractivity (Wildman–Crippen MR) is 88.7 cm³/mol. The van der Waals surface area contributed by atoms with Gasteiger partial charge in [0.05, 0.1) is 0 Å². The van der Waals surface area contributed by atoms with E-state index in [1.165, 1.54) is 16.5 Å². The van der Waals surface area contributed by atoms with Crippen LogP contribution < -0.4 is 0 Å². The zero-order chi connectivity index (χ0) is 15.0. The van der Waals surface area contributed by atoms with Gasteiger partial charge < -0.3 is 5.11 Å². The molecule has 3 aromatic carbocycles. The third-order valence-electron chi connectivity index (χ3n) is 4.20. The van der Waals surface area contributed by atoms with Crippen molar-refractivity contribution in [3.8, 4) is 0 Å². The normalized spacial score (nSPS) is 12.6. The van der Waals surface area contributed by atoms with Crippen molar-refractivity contribution in [2.24, 2.45) is 0 Å². The van der Waals surface area contributed by atoms with Gasteiger partial charge in [0.25, 0.3) is 0 Å². The fraction of sp³-hybridized carbons (Fsp3) is 0.200. The number of aliphatic hydroxyl groups excluding tert-OH is 1. The molecule has 0 aliphatic carbocycles. The van der Waals surface area contributed by atoms with Crippen LogP contribution in [0, 0.1) is 20.8 Å². The molecule has 0 aromatic heterocycles. The second-order valence-electron chi connectivity index (χ2n) is 5.78. The third-order valence-corrected chi connectivity index (χ3v) is 4.20. The molecular weight excluding hydrogens is 256 g/mol. The number of hydrogen-bond acceptors (Lipinski definition) is 1. The summed E-state index contributed by atoms with van der Waals surface area (Å²) in [6.07, 6.45) is -0.588. The molecule has 0 aliphatic rings. The van der Waals surface area contributed by atoms with Gasteiger partial charge in [-0.2, -0.15) is 0 Å². The Morgan fingerprint density at radius 3 is 2.14 bits per heavy atom. The molecule has 0 radical (unpaired) electrons. The molecule has 0 bridgehead atoms. The molecule has 1 nitrogen and oxygen atoms in total. The first-order valence-electron chi connectivity index (χ1n) is 7.31. The van der Waals surface area contributed by atoms with Crippen molar-refractivity contribution in [3.05, 3.63) is 82.4 Å². The Labute approximate surface area is 125 Å². The van der Waals surface area contributed by atoms with E-state index in [-0.39, 0.29) is 0 Å². The fourth-order valence-electron chi connectivity index (χ4n) is 2.93. The van der Waals surface area contributed by atoms with Crippen molar-refractivity contribution in [1.82, 2.24) is 0 Å². The van der Waals surface area contributed by atoms with Gasteiger partial charge in [-0.25, -0.2) is 0 Å². The van der Waals surface area contributed by atoms with E-state index in [9.17, 15) is 5.11 Å². The molecule has 0 aliphatic heterocycles. The summed E-state index contributed by atoms with van der Waals surface area (Å²) < 4.78 is 0. The lowest BCUT2D eigenvalue weighted by atomic mass is 9.91. The van der Waals surface area contributed by atoms with Crippen molar-refractivity contribution in [3.63, 3.8) is 0 Å². The third kappa shape index (κ3) is 2.45. The van der Waals surface area contributed by atoms with Crippen LogP contribution in [0.1, 0.15) is 33.9 Å². The molecule has 0 fully saturated rings. The molecule has 0 amide bonds. The molecule has 0 spiro atoms. The van der Waals surface area contributed by atoms with Crippen LogP contribution in [-0.2, 0) is 0 Å². The number of aryl methyl sites for hydroxylation is 3. The Morgan fingerprint density at radius 1 is 0.714 bits per heavy atom. The van der Waals surface area contributed by atoms with Crippen LogP contribution in [0.5, 0.6) is 0 Å². The van der Waals surface area contributed by atoms with E-state index in [4.69, 9.17) is 0 Å². The minimum absolute atomic E-state index is 0.588. The second kappa shape index (κ2) is 5.34. The first kappa shape index (κ1) is 13.8. The van der Waals surface area contributed by atoms with E-state index in [1.54, 1.807) is 0 Å². The maximum atomic E-state index is 10.9. The lowest BCUT2D eigenvalue weighted by Crippen LogP contribution is -2.03. The largest absolute Gasteiger partial charge is 0.384 e. The van der Waals surface area contributed by atoms with Gasteiger partial charge in [-0.05, 0) is 53.8 Å². The molecule has 3 rings (SSSR count). The minimum Gasteiger partial charge on any atom is -0.384 e. The summed E-state index contributed by atoms with van der Waals surface area (Å²) in [5.41, 5.74) is 5.50. The van der Waals surface area contributed by atoms with E-state index < -0.39 is 6.10 Å². The molecule has 1 unspecified atom stereocenters. The summed E-state index contributed by atoms with van der Waals surface area (Å²) in [4.78, 5) is 0. The van der Waals surface area contributed by atoms with Crippen LogP contribution in [0.2, 0.25) is 0 Å². The van der Waals surface area contributed by atoms with Gasteiger partial charge in [-0.3, -0.25) is 0 Å². The molecule has 0 heterocycles. The van der Waals surface area contributed by atoms with Gasteiger partial charge in [0.15, 0.2) is 0 Å². The van der Waals surface area contributed by atoms with Gasteiger partial charge in [0.1, 0.15) is 6.10 Å². The van der Waals surface area contributed by atoms with Crippen LogP contribution in [0.4, 0.5) is 0 Å². The Bertz CT molecular complexity index is 802. The van der Waals surface area contributed by atoms with E-state index in [2.05, 4.69) is 50.2 Å². The minimum atomic E-state index is -0.588. The number of aliphatic hydroxyl groups is 1. The standard InChI is InChI=1S/C20H20O/c1-13-8-9-15(3)19(12-13)20(21)18-11-10-14(2)16-6-4-5-7-17(16)18/h4-12,20-21H,1-3H3. The summed E-state index contributed by atoms with van der Waals surface area (Å²) in [7, 11) is 0. The number of fused-ring (bicyclic) bond motifs is 1. The first-order valence-corrected chi connectivity index (χ1v) is 7.31. The predicted octanol–water partition coefficient (Wildman–Crippen LogP) is 4.85. The average molecular weight is 276 g/mol. The smallest absolute Gasteiger partial charge is 0.105 e. The molecule has 1 heteroatoms. The number of benzene rings is 3. The highest BCUT2D eigenvalue weighted by atomic mass is 16.3. The van der Waals surface area contributed by atoms with Crippen molar-refractivity contribution in [1.29, 1.82) is 0 Å². The van der Waals surface area contributed by atoms with Gasteiger partial charge in [-0.15, -0.1) is 0 Å². The van der Waals surface area contributed by atoms with E-state index in [1.807, 2.05) is 25.1 Å². The molecule has 106 valence electrons. The Hall–Kier alpha value is -2.12. The van der Waals surface area contributed by atoms with Crippen LogP contribution in [0.15, 0.2) is 54.6 Å². The van der Waals surface area contributed by atoms with E-state index in [0.717, 1.165) is 22.1 Å². The monoisotopic (exact) mass is 276 g/mol. The van der Waals surface area contributed by atoms with Gasteiger partial charge in [-0.1, -0.05) is 60.2 Å². The molecule has 1 atom stereocenters. The quantitative estimate of drug-likeness (QED) is 0.709. The van der Waals surface area contributed by atoms with Crippen molar-refractivity contribution < 1.29 is 5.11 Å². The van der Waals surface area contributed by atoms with Crippen LogP contribution in [-0.4, -0.2) is 5.11 Å². The lowest BCUT2D eigenvalue weighted by molar-refractivity contribution is 0.221. The number of rotatable bonds is 2. The van der Waals surface area contributed by atoms with Crippen LogP contribution >= 0.6 is 0 Å². The molecule has 3 aromatic rings. The summed E-state index contributed by atoms with van der Waals surface area (Å²) in [5, 5.41) is 13.2. The SMILES string of the molecule is Cc1ccc(C)c(C(O)c2ccc(C)c3ccccc23)c1. The topological polar surface area (TPSA) is 20.2 Å². The molecule has 21 heavy (non-hydrogen) atoms. The van der Waals surface area contributed by atoms with Crippen LogP contribution in [0.3, 0.4) is 0 Å². The summed E-state index contributed by atoms with van der Waals surface area (Å²) in [6, 6.07) is 18.6. The van der Waals surface area contributed by atoms with Crippen molar-refractivity contribution >= 4 is 10.8 Å². The zero-order valence-electron chi connectivity index (χ0n) is 12.7. The summed E-state index contributed by atoms with van der Waals surface area (Å²) in [6.45, 7) is 6.22. The fourth-order valence-corrected chi connectivity index (χ4v) is 2.93. The zero-order valence-corrected chi connectivity index (χ0v) is 12.7. The van der Waals surface area contributed by atoms with Crippen molar-refractivity contribution in [2.75, 3.05) is 0 Å².